The Labute approximate surface area is 246 Å². The zero-order valence-corrected chi connectivity index (χ0v) is 25.2. The second-order valence-corrected chi connectivity index (χ2v) is 12.0. The van der Waals surface area contributed by atoms with Gasteiger partial charge in [0.2, 0.25) is 0 Å². The minimum atomic E-state index is -0.775. The average Bonchev–Trinajstić information content (AvgIpc) is 3.58. The van der Waals surface area contributed by atoms with Gasteiger partial charge in [0.15, 0.2) is 5.82 Å². The van der Waals surface area contributed by atoms with E-state index in [2.05, 4.69) is 20.6 Å². The lowest BCUT2D eigenvalue weighted by Gasteiger charge is -2.25. The van der Waals surface area contributed by atoms with E-state index < -0.39 is 29.4 Å². The van der Waals surface area contributed by atoms with Gasteiger partial charge in [0, 0.05) is 12.0 Å². The first-order valence-corrected chi connectivity index (χ1v) is 13.9. The Morgan fingerprint density at radius 1 is 1.02 bits per heavy atom. The Balaban J connectivity index is 1.58. The van der Waals surface area contributed by atoms with E-state index in [0.717, 1.165) is 11.1 Å². The van der Waals surface area contributed by atoms with Crippen LogP contribution in [-0.2, 0) is 14.3 Å². The summed E-state index contributed by atoms with van der Waals surface area (Å²) in [5.74, 6) is 0.218. The molecule has 11 heteroatoms. The van der Waals surface area contributed by atoms with Crippen LogP contribution in [0.3, 0.4) is 0 Å². The quantitative estimate of drug-likeness (QED) is 0.337. The molecule has 0 bridgehead atoms. The number of benzene rings is 2. The summed E-state index contributed by atoms with van der Waals surface area (Å²) in [7, 11) is 1.46. The molecular formula is C31H39N5O6. The van der Waals surface area contributed by atoms with Gasteiger partial charge in [-0.05, 0) is 64.8 Å². The van der Waals surface area contributed by atoms with Gasteiger partial charge < -0.3 is 29.1 Å². The number of rotatable bonds is 8. The highest BCUT2D eigenvalue weighted by Gasteiger charge is 2.39. The SMILES string of the molecule is CO/N=C1\CC(c2noc(C(COC(C)(C)C)NC(=O)OC(C)(C)C)n2)N(C(=O)c2ccc(-c3ccccc3)cc2)C1. The standard InChI is InChI=1S/C31H39N5O6/c1-30(2,3)40-19-24(32-29(38)41-31(4,5)6)27-33-26(35-42-27)25-17-23(34-39-7)18-36(25)28(37)22-15-13-21(14-16-22)20-11-9-8-10-12-20/h8-16,24-25H,17-19H2,1-7H3,(H,32,38)/b34-23+. The molecule has 4 rings (SSSR count). The van der Waals surface area contributed by atoms with Crippen LogP contribution in [0, 0.1) is 0 Å². The van der Waals surface area contributed by atoms with Crippen LogP contribution in [0.15, 0.2) is 64.3 Å². The number of hydrogen-bond donors (Lipinski definition) is 1. The fraction of sp³-hybridized carbons (Fsp3) is 0.452. The van der Waals surface area contributed by atoms with Crippen LogP contribution < -0.4 is 5.32 Å². The van der Waals surface area contributed by atoms with Crippen molar-refractivity contribution < 1.29 is 28.4 Å². The number of ether oxygens (including phenoxy) is 2. The Morgan fingerprint density at radius 2 is 1.69 bits per heavy atom. The Morgan fingerprint density at radius 3 is 2.31 bits per heavy atom. The highest BCUT2D eigenvalue weighted by atomic mass is 16.6. The summed E-state index contributed by atoms with van der Waals surface area (Å²) in [5, 5.41) is 11.1. The minimum absolute atomic E-state index is 0.0713. The van der Waals surface area contributed by atoms with Crippen molar-refractivity contribution in [3.8, 4) is 11.1 Å². The van der Waals surface area contributed by atoms with E-state index in [1.54, 1.807) is 37.8 Å². The maximum Gasteiger partial charge on any atom is 0.408 e. The highest BCUT2D eigenvalue weighted by molar-refractivity contribution is 6.00. The molecule has 1 fully saturated rings. The molecule has 1 aliphatic heterocycles. The van der Waals surface area contributed by atoms with E-state index in [4.69, 9.17) is 18.8 Å². The number of likely N-dealkylation sites (tertiary alicyclic amines) is 1. The second-order valence-electron chi connectivity index (χ2n) is 12.0. The smallest absolute Gasteiger partial charge is 0.408 e. The molecule has 0 aliphatic carbocycles. The van der Waals surface area contributed by atoms with E-state index in [0.29, 0.717) is 17.7 Å². The zero-order valence-electron chi connectivity index (χ0n) is 25.2. The molecule has 2 amide bonds. The number of nitrogens with zero attached hydrogens (tertiary/aromatic N) is 4. The fourth-order valence-corrected chi connectivity index (χ4v) is 4.43. The maximum atomic E-state index is 13.7. The average molecular weight is 578 g/mol. The number of amides is 2. The topological polar surface area (TPSA) is 128 Å². The third-order valence-corrected chi connectivity index (χ3v) is 6.31. The van der Waals surface area contributed by atoms with E-state index in [9.17, 15) is 9.59 Å². The van der Waals surface area contributed by atoms with Gasteiger partial charge in [0.1, 0.15) is 24.8 Å². The molecule has 0 spiro atoms. The van der Waals surface area contributed by atoms with Gasteiger partial charge in [-0.1, -0.05) is 52.8 Å². The van der Waals surface area contributed by atoms with Crippen LogP contribution in [0.2, 0.25) is 0 Å². The second kappa shape index (κ2) is 12.7. The van der Waals surface area contributed by atoms with E-state index in [1.165, 1.54) is 7.11 Å². The number of alkyl carbamates (subject to hydrolysis) is 1. The van der Waals surface area contributed by atoms with Crippen LogP contribution in [-0.4, -0.2) is 64.2 Å². The molecule has 42 heavy (non-hydrogen) atoms. The molecule has 1 aliphatic rings. The van der Waals surface area contributed by atoms with Crippen molar-refractivity contribution in [2.75, 3.05) is 20.3 Å². The molecule has 2 unspecified atom stereocenters. The van der Waals surface area contributed by atoms with Gasteiger partial charge in [0.05, 0.1) is 24.5 Å². The molecule has 1 aromatic heterocycles. The van der Waals surface area contributed by atoms with Crippen LogP contribution in [0.25, 0.3) is 11.1 Å². The maximum absolute atomic E-state index is 13.7. The van der Waals surface area contributed by atoms with Gasteiger partial charge in [-0.15, -0.1) is 0 Å². The molecule has 1 N–H and O–H groups in total. The number of hydrogen-bond acceptors (Lipinski definition) is 9. The van der Waals surface area contributed by atoms with Gasteiger partial charge in [-0.2, -0.15) is 4.98 Å². The van der Waals surface area contributed by atoms with Crippen molar-refractivity contribution in [2.24, 2.45) is 5.16 Å². The molecule has 3 aromatic rings. The Bertz CT molecular complexity index is 1390. The van der Waals surface area contributed by atoms with Gasteiger partial charge in [-0.3, -0.25) is 4.79 Å². The summed E-state index contributed by atoms with van der Waals surface area (Å²) in [6.07, 6.45) is -0.278. The van der Waals surface area contributed by atoms with Crippen molar-refractivity contribution >= 4 is 17.7 Å². The number of aromatic nitrogens is 2. The van der Waals surface area contributed by atoms with E-state index in [-0.39, 0.29) is 30.8 Å². The molecule has 1 saturated heterocycles. The molecule has 224 valence electrons. The number of carbonyl (C=O) groups is 2. The fourth-order valence-electron chi connectivity index (χ4n) is 4.43. The number of carbonyl (C=O) groups excluding carboxylic acids is 2. The Hall–Kier alpha value is -4.25. The third kappa shape index (κ3) is 8.16. The summed E-state index contributed by atoms with van der Waals surface area (Å²) in [6, 6.07) is 16.1. The summed E-state index contributed by atoms with van der Waals surface area (Å²) in [4.78, 5) is 37.6. The van der Waals surface area contributed by atoms with Crippen molar-refractivity contribution in [3.05, 3.63) is 71.9 Å². The summed E-state index contributed by atoms with van der Waals surface area (Å²) in [6.45, 7) is 11.4. The normalized spacial score (nSPS) is 17.3. The van der Waals surface area contributed by atoms with Crippen LogP contribution >= 0.6 is 0 Å². The van der Waals surface area contributed by atoms with Crippen LogP contribution in [0.5, 0.6) is 0 Å². The molecule has 2 atom stereocenters. The summed E-state index contributed by atoms with van der Waals surface area (Å²) < 4.78 is 17.0. The predicted octanol–water partition coefficient (Wildman–Crippen LogP) is 5.71. The number of oxime groups is 1. The number of nitrogens with one attached hydrogen (secondary N) is 1. The van der Waals surface area contributed by atoms with Gasteiger partial charge >= 0.3 is 6.09 Å². The molecule has 2 aromatic carbocycles. The highest BCUT2D eigenvalue weighted by Crippen LogP contribution is 2.32. The first-order chi connectivity index (χ1) is 19.8. The van der Waals surface area contributed by atoms with Crippen LogP contribution in [0.1, 0.15) is 82.1 Å². The summed E-state index contributed by atoms with van der Waals surface area (Å²) >= 11 is 0. The monoisotopic (exact) mass is 577 g/mol. The molecule has 0 radical (unpaired) electrons. The van der Waals surface area contributed by atoms with Crippen LogP contribution in [0.4, 0.5) is 4.79 Å². The van der Waals surface area contributed by atoms with Crippen molar-refractivity contribution in [1.29, 1.82) is 0 Å². The lowest BCUT2D eigenvalue weighted by molar-refractivity contribution is -0.0213. The van der Waals surface area contributed by atoms with Crippen molar-refractivity contribution in [3.63, 3.8) is 0 Å². The van der Waals surface area contributed by atoms with E-state index >= 15 is 0 Å². The molecular weight excluding hydrogens is 538 g/mol. The molecule has 2 heterocycles. The lowest BCUT2D eigenvalue weighted by atomic mass is 10.0. The third-order valence-electron chi connectivity index (χ3n) is 6.31. The predicted molar refractivity (Wildman–Crippen MR) is 157 cm³/mol. The zero-order chi connectivity index (χ0) is 30.5. The summed E-state index contributed by atoms with van der Waals surface area (Å²) in [5.41, 5.74) is 2.09. The molecule has 11 nitrogen and oxygen atoms in total. The van der Waals surface area contributed by atoms with Crippen molar-refractivity contribution in [2.45, 2.75) is 71.2 Å². The Kier molecular flexibility index (Phi) is 9.30. The minimum Gasteiger partial charge on any atom is -0.444 e. The van der Waals surface area contributed by atoms with Gasteiger partial charge in [0.25, 0.3) is 11.8 Å². The van der Waals surface area contributed by atoms with Gasteiger partial charge in [-0.25, -0.2) is 4.79 Å². The van der Waals surface area contributed by atoms with E-state index in [1.807, 2.05) is 63.2 Å². The lowest BCUT2D eigenvalue weighted by Crippen LogP contribution is -2.38. The first-order valence-electron chi connectivity index (χ1n) is 13.9. The first kappa shape index (κ1) is 30.7. The largest absolute Gasteiger partial charge is 0.444 e. The van der Waals surface area contributed by atoms with Crippen molar-refractivity contribution in [1.82, 2.24) is 20.4 Å². The molecule has 0 saturated carbocycles.